The van der Waals surface area contributed by atoms with E-state index >= 15 is 0 Å². The van der Waals surface area contributed by atoms with Crippen LogP contribution in [-0.2, 0) is 0 Å². The van der Waals surface area contributed by atoms with Gasteiger partial charge in [-0.3, -0.25) is 9.59 Å². The van der Waals surface area contributed by atoms with Crippen molar-refractivity contribution in [3.63, 3.8) is 0 Å². The predicted molar refractivity (Wildman–Crippen MR) is 91.0 cm³/mol. The highest BCUT2D eigenvalue weighted by atomic mass is 16.2. The van der Waals surface area contributed by atoms with Crippen molar-refractivity contribution in [3.8, 4) is 0 Å². The average Bonchev–Trinajstić information content (AvgIpc) is 2.63. The van der Waals surface area contributed by atoms with Gasteiger partial charge in [-0.15, -0.1) is 10.2 Å². The van der Waals surface area contributed by atoms with Crippen molar-refractivity contribution in [3.05, 3.63) is 47.7 Å². The summed E-state index contributed by atoms with van der Waals surface area (Å²) in [7, 11) is 0. The summed E-state index contributed by atoms with van der Waals surface area (Å²) in [6.07, 6.45) is 3.56. The highest BCUT2D eigenvalue weighted by Gasteiger charge is 2.14. The minimum absolute atomic E-state index is 0.245. The molecule has 0 radical (unpaired) electrons. The Hall–Kier alpha value is -2.96. The molecular formula is C17H19N5O2. The average molecular weight is 325 g/mol. The third-order valence-electron chi connectivity index (χ3n) is 3.99. The standard InChI is InChI=1S/C17H19N5O2/c18-16(23)12-4-6-13(7-5-12)19-17(24)14-8-9-15(21-20-14)22-10-2-1-3-11-22/h4-9H,1-3,10-11H2,(H2,18,23)(H,19,24). The first-order valence-electron chi connectivity index (χ1n) is 7.93. The van der Waals surface area contributed by atoms with Crippen LogP contribution >= 0.6 is 0 Å². The maximum atomic E-state index is 12.2. The minimum atomic E-state index is -0.507. The number of hydrogen-bond donors (Lipinski definition) is 2. The number of rotatable bonds is 4. The van der Waals surface area contributed by atoms with Gasteiger partial charge in [-0.05, 0) is 55.7 Å². The topological polar surface area (TPSA) is 101 Å². The maximum Gasteiger partial charge on any atom is 0.276 e. The normalized spacial score (nSPS) is 14.2. The molecule has 7 nitrogen and oxygen atoms in total. The van der Waals surface area contributed by atoms with Crippen LogP contribution in [0.5, 0.6) is 0 Å². The van der Waals surface area contributed by atoms with Gasteiger partial charge in [0.05, 0.1) is 0 Å². The molecule has 1 aliphatic rings. The molecule has 24 heavy (non-hydrogen) atoms. The summed E-state index contributed by atoms with van der Waals surface area (Å²) in [5.74, 6) is -0.0522. The first kappa shape index (κ1) is 15.9. The Kier molecular flexibility index (Phi) is 4.69. The fourth-order valence-electron chi connectivity index (χ4n) is 2.65. The summed E-state index contributed by atoms with van der Waals surface area (Å²) in [5.41, 5.74) is 6.38. The fraction of sp³-hybridized carbons (Fsp3) is 0.294. The molecule has 2 amide bonds. The van der Waals surface area contributed by atoms with Crippen LogP contribution < -0.4 is 16.0 Å². The Morgan fingerprint density at radius 3 is 2.25 bits per heavy atom. The van der Waals surface area contributed by atoms with Crippen molar-refractivity contribution < 1.29 is 9.59 Å². The van der Waals surface area contributed by atoms with Gasteiger partial charge in [0.25, 0.3) is 5.91 Å². The summed E-state index contributed by atoms with van der Waals surface area (Å²) in [6.45, 7) is 1.96. The van der Waals surface area contributed by atoms with E-state index in [1.165, 1.54) is 6.42 Å². The Bertz CT molecular complexity index is 722. The van der Waals surface area contributed by atoms with Gasteiger partial charge in [-0.25, -0.2) is 0 Å². The van der Waals surface area contributed by atoms with Crippen LogP contribution in [0.4, 0.5) is 11.5 Å². The van der Waals surface area contributed by atoms with Crippen molar-refractivity contribution in [1.82, 2.24) is 10.2 Å². The van der Waals surface area contributed by atoms with Crippen LogP contribution in [0.1, 0.15) is 40.1 Å². The molecule has 1 fully saturated rings. The summed E-state index contributed by atoms with van der Waals surface area (Å²) < 4.78 is 0. The third-order valence-corrected chi connectivity index (χ3v) is 3.99. The highest BCUT2D eigenvalue weighted by molar-refractivity contribution is 6.03. The Morgan fingerprint density at radius 2 is 1.67 bits per heavy atom. The van der Waals surface area contributed by atoms with Crippen molar-refractivity contribution in [2.24, 2.45) is 5.73 Å². The SMILES string of the molecule is NC(=O)c1ccc(NC(=O)c2ccc(N3CCCCC3)nn2)cc1. The second-order valence-corrected chi connectivity index (χ2v) is 5.72. The number of amides is 2. The molecular weight excluding hydrogens is 306 g/mol. The number of carbonyl (C=O) groups is 2. The minimum Gasteiger partial charge on any atom is -0.366 e. The summed E-state index contributed by atoms with van der Waals surface area (Å²) >= 11 is 0. The quantitative estimate of drug-likeness (QED) is 0.893. The van der Waals surface area contributed by atoms with Gasteiger partial charge in [0.1, 0.15) is 0 Å². The van der Waals surface area contributed by atoms with Crippen molar-refractivity contribution >= 4 is 23.3 Å². The zero-order chi connectivity index (χ0) is 16.9. The van der Waals surface area contributed by atoms with Gasteiger partial charge in [0, 0.05) is 24.3 Å². The van der Waals surface area contributed by atoms with E-state index in [9.17, 15) is 9.59 Å². The number of nitrogens with two attached hydrogens (primary N) is 1. The Balaban J connectivity index is 1.65. The lowest BCUT2D eigenvalue weighted by molar-refractivity contribution is 0.0997. The Labute approximate surface area is 139 Å². The molecule has 3 N–H and O–H groups in total. The Morgan fingerprint density at radius 1 is 0.958 bits per heavy atom. The van der Waals surface area contributed by atoms with E-state index in [4.69, 9.17) is 5.73 Å². The number of nitrogens with zero attached hydrogens (tertiary/aromatic N) is 3. The van der Waals surface area contributed by atoms with Gasteiger partial charge < -0.3 is 16.0 Å². The molecule has 0 spiro atoms. The van der Waals surface area contributed by atoms with E-state index in [1.54, 1.807) is 30.3 Å². The predicted octanol–water partition coefficient (Wildman–Crippen LogP) is 1.82. The van der Waals surface area contributed by atoms with Gasteiger partial charge in [-0.2, -0.15) is 0 Å². The lowest BCUT2D eigenvalue weighted by atomic mass is 10.1. The van der Waals surface area contributed by atoms with Crippen molar-refractivity contribution in [2.75, 3.05) is 23.3 Å². The summed E-state index contributed by atoms with van der Waals surface area (Å²) in [5, 5.41) is 10.9. The molecule has 0 unspecified atom stereocenters. The molecule has 3 rings (SSSR count). The zero-order valence-electron chi connectivity index (χ0n) is 13.2. The van der Waals surface area contributed by atoms with Crippen LogP contribution in [0.15, 0.2) is 36.4 Å². The molecule has 1 saturated heterocycles. The molecule has 0 aliphatic carbocycles. The van der Waals surface area contributed by atoms with Crippen LogP contribution in [0, 0.1) is 0 Å². The first-order chi connectivity index (χ1) is 11.6. The molecule has 0 atom stereocenters. The number of benzene rings is 1. The van der Waals surface area contributed by atoms with E-state index in [0.717, 1.165) is 31.7 Å². The number of piperidine rings is 1. The first-order valence-corrected chi connectivity index (χ1v) is 7.93. The molecule has 1 aromatic carbocycles. The molecule has 2 heterocycles. The third kappa shape index (κ3) is 3.68. The molecule has 1 aromatic heterocycles. The lowest BCUT2D eigenvalue weighted by Gasteiger charge is -2.27. The molecule has 7 heteroatoms. The second kappa shape index (κ2) is 7.08. The molecule has 2 aromatic rings. The van der Waals surface area contributed by atoms with Crippen LogP contribution in [0.3, 0.4) is 0 Å². The van der Waals surface area contributed by atoms with E-state index in [-0.39, 0.29) is 11.6 Å². The molecule has 1 aliphatic heterocycles. The van der Waals surface area contributed by atoms with Gasteiger partial charge in [-0.1, -0.05) is 0 Å². The number of hydrogen-bond acceptors (Lipinski definition) is 5. The fourth-order valence-corrected chi connectivity index (χ4v) is 2.65. The maximum absolute atomic E-state index is 12.2. The summed E-state index contributed by atoms with van der Waals surface area (Å²) in [6, 6.07) is 9.85. The number of primary amides is 1. The van der Waals surface area contributed by atoms with Gasteiger partial charge in [0.2, 0.25) is 5.91 Å². The van der Waals surface area contributed by atoms with Crippen LogP contribution in [0.2, 0.25) is 0 Å². The number of anilines is 2. The van der Waals surface area contributed by atoms with Crippen LogP contribution in [-0.4, -0.2) is 35.1 Å². The molecule has 0 saturated carbocycles. The van der Waals surface area contributed by atoms with Crippen molar-refractivity contribution in [2.45, 2.75) is 19.3 Å². The largest absolute Gasteiger partial charge is 0.366 e. The van der Waals surface area contributed by atoms with Crippen molar-refractivity contribution in [1.29, 1.82) is 0 Å². The molecule has 0 bridgehead atoms. The summed E-state index contributed by atoms with van der Waals surface area (Å²) in [4.78, 5) is 25.4. The van der Waals surface area contributed by atoms with Gasteiger partial charge >= 0.3 is 0 Å². The highest BCUT2D eigenvalue weighted by Crippen LogP contribution is 2.17. The number of nitrogens with one attached hydrogen (secondary N) is 1. The monoisotopic (exact) mass is 325 g/mol. The van der Waals surface area contributed by atoms with E-state index in [1.807, 2.05) is 6.07 Å². The van der Waals surface area contributed by atoms with E-state index in [0.29, 0.717) is 11.3 Å². The number of aromatic nitrogens is 2. The second-order valence-electron chi connectivity index (χ2n) is 5.72. The number of carbonyl (C=O) groups excluding carboxylic acids is 2. The lowest BCUT2D eigenvalue weighted by Crippen LogP contribution is -2.30. The van der Waals surface area contributed by atoms with E-state index < -0.39 is 5.91 Å². The zero-order valence-corrected chi connectivity index (χ0v) is 13.2. The van der Waals surface area contributed by atoms with E-state index in [2.05, 4.69) is 20.4 Å². The van der Waals surface area contributed by atoms with Crippen LogP contribution in [0.25, 0.3) is 0 Å². The molecule has 124 valence electrons. The smallest absolute Gasteiger partial charge is 0.276 e. The van der Waals surface area contributed by atoms with Gasteiger partial charge in [0.15, 0.2) is 11.5 Å².